The Labute approximate surface area is 124 Å². The lowest BCUT2D eigenvalue weighted by Crippen LogP contribution is -2.42. The number of nitrogens with zero attached hydrogens (tertiary/aromatic N) is 6. The van der Waals surface area contributed by atoms with Gasteiger partial charge in [0.1, 0.15) is 17.8 Å². The maximum absolute atomic E-state index is 4.60. The Morgan fingerprint density at radius 2 is 2.05 bits per heavy atom. The fourth-order valence-electron chi connectivity index (χ4n) is 3.83. The van der Waals surface area contributed by atoms with E-state index in [9.17, 15) is 0 Å². The number of rotatable bonds is 2. The third-order valence-corrected chi connectivity index (χ3v) is 4.75. The lowest BCUT2D eigenvalue weighted by atomic mass is 10.0. The van der Waals surface area contributed by atoms with E-state index in [2.05, 4.69) is 36.6 Å². The van der Waals surface area contributed by atoms with Crippen molar-refractivity contribution in [1.29, 1.82) is 0 Å². The fraction of sp³-hybridized carbons (Fsp3) is 0.600. The highest BCUT2D eigenvalue weighted by Gasteiger charge is 2.38. The standard InChI is InChI=1S/C15H20N6/c1-3-12-15-19-18-10(2)20(15)13-8-16-9-17-14(13)21(12)11-6-4-5-7-11/h8-9,11-12H,3-7H2,1-2H3. The lowest BCUT2D eigenvalue weighted by Gasteiger charge is -2.40. The molecule has 1 atom stereocenters. The second-order valence-electron chi connectivity index (χ2n) is 5.94. The van der Waals surface area contributed by atoms with Crippen molar-refractivity contribution in [2.45, 2.75) is 58.0 Å². The van der Waals surface area contributed by atoms with Gasteiger partial charge in [0.05, 0.1) is 12.2 Å². The van der Waals surface area contributed by atoms with Crippen LogP contribution < -0.4 is 4.90 Å². The van der Waals surface area contributed by atoms with E-state index in [0.29, 0.717) is 6.04 Å². The van der Waals surface area contributed by atoms with E-state index < -0.39 is 0 Å². The summed E-state index contributed by atoms with van der Waals surface area (Å²) in [5, 5.41) is 8.73. The van der Waals surface area contributed by atoms with Crippen molar-refractivity contribution in [3.8, 4) is 5.69 Å². The van der Waals surface area contributed by atoms with Gasteiger partial charge < -0.3 is 4.90 Å². The van der Waals surface area contributed by atoms with Gasteiger partial charge in [-0.2, -0.15) is 0 Å². The molecule has 1 fully saturated rings. The van der Waals surface area contributed by atoms with Crippen LogP contribution in [0, 0.1) is 6.92 Å². The highest BCUT2D eigenvalue weighted by molar-refractivity contribution is 5.61. The van der Waals surface area contributed by atoms with Crippen molar-refractivity contribution in [3.63, 3.8) is 0 Å². The molecule has 0 bridgehead atoms. The largest absolute Gasteiger partial charge is 0.342 e. The van der Waals surface area contributed by atoms with E-state index >= 15 is 0 Å². The van der Waals surface area contributed by atoms with Gasteiger partial charge in [-0.1, -0.05) is 19.8 Å². The number of anilines is 1. The zero-order valence-electron chi connectivity index (χ0n) is 12.5. The van der Waals surface area contributed by atoms with Crippen LogP contribution in [0.2, 0.25) is 0 Å². The summed E-state index contributed by atoms with van der Waals surface area (Å²) in [5.74, 6) is 2.98. The van der Waals surface area contributed by atoms with Crippen molar-refractivity contribution >= 4 is 5.82 Å². The number of aryl methyl sites for hydroxylation is 1. The van der Waals surface area contributed by atoms with Crippen molar-refractivity contribution < 1.29 is 0 Å². The normalized spacial score (nSPS) is 21.4. The molecule has 1 aliphatic heterocycles. The SMILES string of the molecule is CCC1c2nnc(C)n2-c2cncnc2N1C1CCCC1. The molecule has 1 aliphatic carbocycles. The average molecular weight is 284 g/mol. The second kappa shape index (κ2) is 4.79. The topological polar surface area (TPSA) is 59.7 Å². The number of hydrogen-bond acceptors (Lipinski definition) is 5. The molecule has 6 heteroatoms. The summed E-state index contributed by atoms with van der Waals surface area (Å²) in [6.07, 6.45) is 9.65. The molecule has 0 amide bonds. The third kappa shape index (κ3) is 1.78. The molecule has 0 radical (unpaired) electrons. The van der Waals surface area contributed by atoms with Crippen LogP contribution in [0.5, 0.6) is 0 Å². The summed E-state index contributed by atoms with van der Waals surface area (Å²) in [5.41, 5.74) is 1.02. The van der Waals surface area contributed by atoms with E-state index in [1.807, 2.05) is 13.1 Å². The van der Waals surface area contributed by atoms with Crippen LogP contribution in [0.15, 0.2) is 12.5 Å². The van der Waals surface area contributed by atoms with Crippen LogP contribution in [0.1, 0.15) is 56.7 Å². The van der Waals surface area contributed by atoms with E-state index in [0.717, 1.165) is 29.6 Å². The molecule has 0 saturated heterocycles. The van der Waals surface area contributed by atoms with Crippen LogP contribution in [0.4, 0.5) is 5.82 Å². The van der Waals surface area contributed by atoms with E-state index in [4.69, 9.17) is 0 Å². The van der Waals surface area contributed by atoms with Crippen LogP contribution in [-0.2, 0) is 0 Å². The van der Waals surface area contributed by atoms with Gasteiger partial charge in [0.25, 0.3) is 0 Å². The van der Waals surface area contributed by atoms with Gasteiger partial charge >= 0.3 is 0 Å². The summed E-state index contributed by atoms with van der Waals surface area (Å²) in [6.45, 7) is 4.21. The van der Waals surface area contributed by atoms with E-state index in [-0.39, 0.29) is 6.04 Å². The zero-order valence-corrected chi connectivity index (χ0v) is 12.5. The smallest absolute Gasteiger partial charge is 0.160 e. The van der Waals surface area contributed by atoms with Crippen molar-refractivity contribution in [2.24, 2.45) is 0 Å². The lowest BCUT2D eigenvalue weighted by molar-refractivity contribution is 0.468. The maximum atomic E-state index is 4.60. The Balaban J connectivity index is 1.92. The molecule has 3 heterocycles. The summed E-state index contributed by atoms with van der Waals surface area (Å²) < 4.78 is 2.12. The van der Waals surface area contributed by atoms with Crippen molar-refractivity contribution in [3.05, 3.63) is 24.2 Å². The molecule has 0 spiro atoms. The van der Waals surface area contributed by atoms with Gasteiger partial charge in [0.15, 0.2) is 11.6 Å². The summed E-state index contributed by atoms with van der Waals surface area (Å²) in [4.78, 5) is 11.3. The van der Waals surface area contributed by atoms with Gasteiger partial charge in [0, 0.05) is 6.04 Å². The second-order valence-corrected chi connectivity index (χ2v) is 5.94. The molecule has 1 saturated carbocycles. The quantitative estimate of drug-likeness (QED) is 0.848. The minimum Gasteiger partial charge on any atom is -0.342 e. The van der Waals surface area contributed by atoms with Crippen LogP contribution in [-0.4, -0.2) is 30.8 Å². The molecular formula is C15H20N6. The van der Waals surface area contributed by atoms with Crippen molar-refractivity contribution in [2.75, 3.05) is 4.90 Å². The minimum atomic E-state index is 0.261. The highest BCUT2D eigenvalue weighted by atomic mass is 15.4. The van der Waals surface area contributed by atoms with Gasteiger partial charge in [-0.25, -0.2) is 9.97 Å². The molecule has 2 aromatic heterocycles. The molecule has 0 aromatic carbocycles. The Bertz CT molecular complexity index is 658. The molecule has 0 N–H and O–H groups in total. The van der Waals surface area contributed by atoms with Gasteiger partial charge in [-0.05, 0) is 26.2 Å². The molecular weight excluding hydrogens is 264 g/mol. The van der Waals surface area contributed by atoms with Gasteiger partial charge in [-0.15, -0.1) is 10.2 Å². The molecule has 4 rings (SSSR count). The number of hydrogen-bond donors (Lipinski definition) is 0. The Kier molecular flexibility index (Phi) is 2.90. The molecule has 21 heavy (non-hydrogen) atoms. The number of aromatic nitrogens is 5. The molecule has 6 nitrogen and oxygen atoms in total. The zero-order chi connectivity index (χ0) is 14.4. The molecule has 2 aliphatic rings. The average Bonchev–Trinajstić information content (AvgIpc) is 3.16. The molecule has 110 valence electrons. The van der Waals surface area contributed by atoms with Gasteiger partial charge in [-0.3, -0.25) is 4.57 Å². The molecule has 1 unspecified atom stereocenters. The first kappa shape index (κ1) is 12.7. The number of fused-ring (bicyclic) bond motifs is 3. The molecule has 2 aromatic rings. The Morgan fingerprint density at radius 1 is 1.24 bits per heavy atom. The van der Waals surface area contributed by atoms with Crippen molar-refractivity contribution in [1.82, 2.24) is 24.7 Å². The Hall–Kier alpha value is -1.98. The van der Waals surface area contributed by atoms with E-state index in [1.165, 1.54) is 25.7 Å². The van der Waals surface area contributed by atoms with Crippen LogP contribution >= 0.6 is 0 Å². The Morgan fingerprint density at radius 3 is 2.81 bits per heavy atom. The summed E-state index contributed by atoms with van der Waals surface area (Å²) >= 11 is 0. The van der Waals surface area contributed by atoms with Gasteiger partial charge in [0.2, 0.25) is 0 Å². The predicted octanol–water partition coefficient (Wildman–Crippen LogP) is 2.58. The monoisotopic (exact) mass is 284 g/mol. The van der Waals surface area contributed by atoms with Crippen LogP contribution in [0.25, 0.3) is 5.69 Å². The summed E-state index contributed by atoms with van der Waals surface area (Å²) in [6, 6.07) is 0.825. The van der Waals surface area contributed by atoms with Crippen LogP contribution in [0.3, 0.4) is 0 Å². The minimum absolute atomic E-state index is 0.261. The first-order chi connectivity index (χ1) is 10.3. The van der Waals surface area contributed by atoms with E-state index in [1.54, 1.807) is 6.33 Å². The summed E-state index contributed by atoms with van der Waals surface area (Å²) in [7, 11) is 0. The predicted molar refractivity (Wildman–Crippen MR) is 79.5 cm³/mol. The maximum Gasteiger partial charge on any atom is 0.160 e. The third-order valence-electron chi connectivity index (χ3n) is 4.75. The first-order valence-electron chi connectivity index (χ1n) is 7.82. The fourth-order valence-corrected chi connectivity index (χ4v) is 3.83. The first-order valence-corrected chi connectivity index (χ1v) is 7.82. The highest BCUT2D eigenvalue weighted by Crippen LogP contribution is 2.42.